The van der Waals surface area contributed by atoms with Gasteiger partial charge in [0.15, 0.2) is 0 Å². The van der Waals surface area contributed by atoms with Crippen molar-refractivity contribution in [2.45, 2.75) is 45.4 Å². The standard InChI is InChI=1S/C16H20F3N3O2/c1-14(2,3)24-13(23)22-8-15(9-22)6-10(7-15)4-11-5-12(21-20-11)16(17,18)19/h4-5H,6-9H2,1-3H3,(H,20,21). The zero-order valence-electron chi connectivity index (χ0n) is 13.8. The van der Waals surface area contributed by atoms with Crippen LogP contribution in [0.3, 0.4) is 0 Å². The van der Waals surface area contributed by atoms with Crippen LogP contribution in [0.25, 0.3) is 6.08 Å². The number of halogens is 3. The van der Waals surface area contributed by atoms with Crippen LogP contribution in [0.4, 0.5) is 18.0 Å². The molecule has 2 fully saturated rings. The van der Waals surface area contributed by atoms with Gasteiger partial charge in [0.05, 0.1) is 5.69 Å². The lowest BCUT2D eigenvalue weighted by Crippen LogP contribution is -2.62. The normalized spacial score (nSPS) is 19.8. The third-order valence-electron chi connectivity index (χ3n) is 4.16. The summed E-state index contributed by atoms with van der Waals surface area (Å²) < 4.78 is 42.9. The Balaban J connectivity index is 1.52. The van der Waals surface area contributed by atoms with Crippen LogP contribution in [0.2, 0.25) is 0 Å². The van der Waals surface area contributed by atoms with Crippen molar-refractivity contribution in [2.75, 3.05) is 13.1 Å². The predicted octanol–water partition coefficient (Wildman–Crippen LogP) is 3.84. The topological polar surface area (TPSA) is 58.2 Å². The van der Waals surface area contributed by atoms with Gasteiger partial charge in [-0.2, -0.15) is 18.3 Å². The number of aromatic amines is 1. The van der Waals surface area contributed by atoms with Gasteiger partial charge in [-0.25, -0.2) is 4.79 Å². The highest BCUT2D eigenvalue weighted by molar-refractivity contribution is 5.70. The maximum absolute atomic E-state index is 12.5. The third kappa shape index (κ3) is 3.42. The van der Waals surface area contributed by atoms with Gasteiger partial charge in [-0.3, -0.25) is 5.10 Å². The fourth-order valence-corrected chi connectivity index (χ4v) is 3.22. The van der Waals surface area contributed by atoms with Crippen LogP contribution < -0.4 is 0 Å². The molecule has 0 bridgehead atoms. The second-order valence-electron chi connectivity index (χ2n) is 7.70. The number of likely N-dealkylation sites (tertiary alicyclic amines) is 1. The summed E-state index contributed by atoms with van der Waals surface area (Å²) in [6.45, 7) is 6.73. The maximum atomic E-state index is 12.5. The fraction of sp³-hybridized carbons (Fsp3) is 0.625. The molecule has 0 unspecified atom stereocenters. The van der Waals surface area contributed by atoms with E-state index >= 15 is 0 Å². The number of hydrogen-bond acceptors (Lipinski definition) is 3. The van der Waals surface area contributed by atoms with Crippen LogP contribution >= 0.6 is 0 Å². The summed E-state index contributed by atoms with van der Waals surface area (Å²) in [6.07, 6.45) is -1.48. The quantitative estimate of drug-likeness (QED) is 0.843. The van der Waals surface area contributed by atoms with Crippen molar-refractivity contribution in [3.05, 3.63) is 23.0 Å². The molecule has 5 nitrogen and oxygen atoms in total. The molecule has 3 rings (SSSR count). The lowest BCUT2D eigenvalue weighted by molar-refractivity contribution is -0.141. The van der Waals surface area contributed by atoms with Crippen LogP contribution in [0.15, 0.2) is 11.6 Å². The molecule has 0 atom stereocenters. The number of amides is 1. The Morgan fingerprint density at radius 3 is 2.46 bits per heavy atom. The van der Waals surface area contributed by atoms with Gasteiger partial charge in [-0.1, -0.05) is 5.57 Å². The molecule has 1 N–H and O–H groups in total. The number of nitrogens with zero attached hydrogens (tertiary/aromatic N) is 2. The van der Waals surface area contributed by atoms with Crippen molar-refractivity contribution < 1.29 is 22.7 Å². The number of hydrogen-bond donors (Lipinski definition) is 1. The first-order valence-corrected chi connectivity index (χ1v) is 7.76. The van der Waals surface area contributed by atoms with E-state index in [1.165, 1.54) is 0 Å². The number of H-pyrrole nitrogens is 1. The molecule has 2 heterocycles. The highest BCUT2D eigenvalue weighted by atomic mass is 19.4. The Hall–Kier alpha value is -1.99. The molecule has 8 heteroatoms. The molecule has 1 spiro atoms. The average molecular weight is 343 g/mol. The summed E-state index contributed by atoms with van der Waals surface area (Å²) >= 11 is 0. The van der Waals surface area contributed by atoms with Gasteiger partial charge in [-0.05, 0) is 45.8 Å². The van der Waals surface area contributed by atoms with Gasteiger partial charge >= 0.3 is 12.3 Å². The number of ether oxygens (including phenoxy) is 1. The Bertz CT molecular complexity index is 669. The van der Waals surface area contributed by atoms with Gasteiger partial charge in [0.25, 0.3) is 0 Å². The van der Waals surface area contributed by atoms with E-state index in [1.54, 1.807) is 11.0 Å². The molecule has 2 aliphatic rings. The Morgan fingerprint density at radius 2 is 1.96 bits per heavy atom. The minimum absolute atomic E-state index is 0.0614. The summed E-state index contributed by atoms with van der Waals surface area (Å²) in [4.78, 5) is 13.6. The largest absolute Gasteiger partial charge is 0.444 e. The van der Waals surface area contributed by atoms with Gasteiger partial charge in [0, 0.05) is 18.5 Å². The molecular weight excluding hydrogens is 323 g/mol. The van der Waals surface area contributed by atoms with Gasteiger partial charge in [-0.15, -0.1) is 0 Å². The number of rotatable bonds is 1. The molecular formula is C16H20F3N3O2. The maximum Gasteiger partial charge on any atom is 0.432 e. The van der Waals surface area contributed by atoms with Crippen LogP contribution in [-0.2, 0) is 10.9 Å². The van der Waals surface area contributed by atoms with Crippen molar-refractivity contribution in [1.29, 1.82) is 0 Å². The Kier molecular flexibility index (Phi) is 3.69. The van der Waals surface area contributed by atoms with E-state index in [0.717, 1.165) is 24.5 Å². The number of alkyl halides is 3. The van der Waals surface area contributed by atoms with Crippen molar-refractivity contribution in [1.82, 2.24) is 15.1 Å². The molecule has 0 aromatic carbocycles. The second-order valence-corrected chi connectivity index (χ2v) is 7.70. The first-order valence-electron chi connectivity index (χ1n) is 7.76. The Labute approximate surface area is 137 Å². The highest BCUT2D eigenvalue weighted by Gasteiger charge is 2.52. The summed E-state index contributed by atoms with van der Waals surface area (Å²) in [5, 5.41) is 5.68. The van der Waals surface area contributed by atoms with Crippen LogP contribution in [0, 0.1) is 5.41 Å². The lowest BCUT2D eigenvalue weighted by Gasteiger charge is -2.56. The van der Waals surface area contributed by atoms with Crippen LogP contribution in [0.5, 0.6) is 0 Å². The molecule has 24 heavy (non-hydrogen) atoms. The summed E-state index contributed by atoms with van der Waals surface area (Å²) in [5.41, 5.74) is 0.0460. The van der Waals surface area contributed by atoms with Crippen molar-refractivity contribution in [2.24, 2.45) is 5.41 Å². The van der Waals surface area contributed by atoms with Crippen molar-refractivity contribution in [3.8, 4) is 0 Å². The molecule has 1 saturated heterocycles. The van der Waals surface area contributed by atoms with Crippen LogP contribution in [0.1, 0.15) is 45.0 Å². The molecule has 1 aliphatic heterocycles. The average Bonchev–Trinajstić information content (AvgIpc) is 2.75. The first kappa shape index (κ1) is 16.9. The molecule has 1 amide bonds. The van der Waals surface area contributed by atoms with E-state index in [1.807, 2.05) is 25.9 Å². The Morgan fingerprint density at radius 1 is 1.33 bits per heavy atom. The van der Waals surface area contributed by atoms with E-state index in [0.29, 0.717) is 13.1 Å². The predicted molar refractivity (Wildman–Crippen MR) is 81.0 cm³/mol. The number of nitrogens with one attached hydrogen (secondary N) is 1. The molecule has 1 saturated carbocycles. The van der Waals surface area contributed by atoms with Crippen molar-refractivity contribution >= 4 is 12.2 Å². The third-order valence-corrected chi connectivity index (χ3v) is 4.16. The zero-order valence-corrected chi connectivity index (χ0v) is 13.8. The van der Waals surface area contributed by atoms with E-state index < -0.39 is 17.5 Å². The molecule has 1 aromatic rings. The minimum atomic E-state index is -4.41. The van der Waals surface area contributed by atoms with Crippen molar-refractivity contribution in [3.63, 3.8) is 0 Å². The fourth-order valence-electron chi connectivity index (χ4n) is 3.22. The first-order chi connectivity index (χ1) is 11.0. The van der Waals surface area contributed by atoms with E-state index in [9.17, 15) is 18.0 Å². The summed E-state index contributed by atoms with van der Waals surface area (Å²) in [5.74, 6) is 0. The van der Waals surface area contributed by atoms with Gasteiger partial charge < -0.3 is 9.64 Å². The number of aromatic nitrogens is 2. The lowest BCUT2D eigenvalue weighted by atomic mass is 9.60. The van der Waals surface area contributed by atoms with E-state index in [2.05, 4.69) is 5.10 Å². The highest BCUT2D eigenvalue weighted by Crippen LogP contribution is 2.52. The van der Waals surface area contributed by atoms with Gasteiger partial charge in [0.1, 0.15) is 11.3 Å². The molecule has 1 aliphatic carbocycles. The zero-order chi connectivity index (χ0) is 17.8. The SMILES string of the molecule is CC(C)(C)OC(=O)N1CC2(CC(=Cc3cc(C(F)(F)F)[nH]n3)C2)C1. The number of carbonyl (C=O) groups excluding carboxylic acids is 1. The summed E-state index contributed by atoms with van der Waals surface area (Å²) in [7, 11) is 0. The smallest absolute Gasteiger partial charge is 0.432 e. The molecule has 1 aromatic heterocycles. The number of allylic oxidation sites excluding steroid dienone is 1. The van der Waals surface area contributed by atoms with E-state index in [4.69, 9.17) is 4.74 Å². The minimum Gasteiger partial charge on any atom is -0.444 e. The summed E-state index contributed by atoms with van der Waals surface area (Å²) in [6, 6.07) is 1.01. The number of carbonyl (C=O) groups is 1. The van der Waals surface area contributed by atoms with E-state index in [-0.39, 0.29) is 17.2 Å². The molecule has 0 radical (unpaired) electrons. The second kappa shape index (κ2) is 5.26. The van der Waals surface area contributed by atoms with Gasteiger partial charge in [0.2, 0.25) is 0 Å². The van der Waals surface area contributed by atoms with Crippen LogP contribution in [-0.4, -0.2) is 39.9 Å². The monoisotopic (exact) mass is 343 g/mol. The molecule has 132 valence electrons.